The topological polar surface area (TPSA) is 38.2 Å². The summed E-state index contributed by atoms with van der Waals surface area (Å²) in [5, 5.41) is 0. The molecule has 122 valence electrons. The Morgan fingerprint density at radius 1 is 1.22 bits per heavy atom. The van der Waals surface area contributed by atoms with E-state index in [2.05, 4.69) is 14.9 Å². The van der Waals surface area contributed by atoms with Gasteiger partial charge in [-0.25, -0.2) is 18.7 Å². The van der Waals surface area contributed by atoms with E-state index in [4.69, 9.17) is 4.74 Å². The van der Waals surface area contributed by atoms with Gasteiger partial charge in [-0.1, -0.05) is 0 Å². The maximum atomic E-state index is 14.0. The summed E-state index contributed by atoms with van der Waals surface area (Å²) in [6.45, 7) is 1.98. The lowest BCUT2D eigenvalue weighted by molar-refractivity contribution is 0.198. The molecule has 0 aliphatic carbocycles. The number of piperidine rings is 1. The number of rotatable bonds is 4. The number of hydrogen-bond donors (Lipinski definition) is 0. The Morgan fingerprint density at radius 2 is 2.00 bits per heavy atom. The Hall–Kier alpha value is -2.08. The molecule has 0 radical (unpaired) electrons. The maximum Gasteiger partial charge on any atom is 0.167 e. The number of benzene rings is 1. The summed E-state index contributed by atoms with van der Waals surface area (Å²) in [5.74, 6) is -0.866. The lowest BCUT2D eigenvalue weighted by atomic mass is 9.93. The molecule has 2 aromatic rings. The molecular formula is C17H19F2N3O. The van der Waals surface area contributed by atoms with E-state index >= 15 is 0 Å². The van der Waals surface area contributed by atoms with Crippen molar-refractivity contribution in [3.8, 4) is 5.75 Å². The molecule has 2 heterocycles. The molecule has 3 rings (SSSR count). The third-order valence-electron chi connectivity index (χ3n) is 4.37. The van der Waals surface area contributed by atoms with Crippen LogP contribution in [-0.4, -0.2) is 35.1 Å². The third kappa shape index (κ3) is 3.47. The van der Waals surface area contributed by atoms with Crippen LogP contribution in [0.25, 0.3) is 0 Å². The molecule has 1 aliphatic rings. The van der Waals surface area contributed by atoms with Crippen LogP contribution in [0.1, 0.15) is 30.0 Å². The zero-order valence-corrected chi connectivity index (χ0v) is 13.0. The molecule has 0 atom stereocenters. The van der Waals surface area contributed by atoms with E-state index in [1.807, 2.05) is 6.07 Å². The van der Waals surface area contributed by atoms with E-state index in [1.54, 1.807) is 12.5 Å². The zero-order valence-electron chi connectivity index (χ0n) is 13.0. The molecule has 0 amide bonds. The van der Waals surface area contributed by atoms with Crippen molar-refractivity contribution in [2.24, 2.45) is 0 Å². The monoisotopic (exact) mass is 319 g/mol. The van der Waals surface area contributed by atoms with Gasteiger partial charge in [-0.15, -0.1) is 0 Å². The smallest absolute Gasteiger partial charge is 0.167 e. The average molecular weight is 319 g/mol. The molecule has 6 heteroatoms. The van der Waals surface area contributed by atoms with E-state index in [1.165, 1.54) is 13.2 Å². The summed E-state index contributed by atoms with van der Waals surface area (Å²) in [5.41, 5.74) is 1.34. The Kier molecular flexibility index (Phi) is 4.81. The Morgan fingerprint density at radius 3 is 2.65 bits per heavy atom. The van der Waals surface area contributed by atoms with Gasteiger partial charge in [-0.2, -0.15) is 0 Å². The largest absolute Gasteiger partial charge is 0.496 e. The molecule has 1 aliphatic heterocycles. The number of methoxy groups -OCH3 is 1. The molecule has 0 N–H and O–H groups in total. The second-order valence-corrected chi connectivity index (χ2v) is 5.73. The number of ether oxygens (including phenoxy) is 1. The molecule has 4 nitrogen and oxygen atoms in total. The van der Waals surface area contributed by atoms with E-state index in [0.717, 1.165) is 37.7 Å². The zero-order chi connectivity index (χ0) is 16.2. The molecule has 0 spiro atoms. The SMILES string of the molecule is COc1ccc(F)c(F)c1CN1CCC(c2ccncn2)CC1. The summed E-state index contributed by atoms with van der Waals surface area (Å²) in [6, 6.07) is 4.51. The Bertz CT molecular complexity index is 658. The van der Waals surface area contributed by atoms with Gasteiger partial charge in [0, 0.05) is 29.9 Å². The van der Waals surface area contributed by atoms with Crippen LogP contribution in [0.2, 0.25) is 0 Å². The minimum atomic E-state index is -0.836. The highest BCUT2D eigenvalue weighted by Crippen LogP contribution is 2.30. The van der Waals surface area contributed by atoms with Gasteiger partial charge >= 0.3 is 0 Å². The average Bonchev–Trinajstić information content (AvgIpc) is 2.61. The van der Waals surface area contributed by atoms with Crippen molar-refractivity contribution >= 4 is 0 Å². The number of aromatic nitrogens is 2. The van der Waals surface area contributed by atoms with Crippen LogP contribution in [0.15, 0.2) is 30.7 Å². The van der Waals surface area contributed by atoms with Gasteiger partial charge < -0.3 is 4.74 Å². The van der Waals surface area contributed by atoms with Crippen molar-refractivity contribution in [2.75, 3.05) is 20.2 Å². The van der Waals surface area contributed by atoms with Crippen molar-refractivity contribution in [3.63, 3.8) is 0 Å². The van der Waals surface area contributed by atoms with Crippen LogP contribution in [0, 0.1) is 11.6 Å². The predicted octanol–water partition coefficient (Wildman–Crippen LogP) is 3.14. The second-order valence-electron chi connectivity index (χ2n) is 5.73. The normalized spacial score (nSPS) is 16.5. The van der Waals surface area contributed by atoms with Crippen LogP contribution in [0.4, 0.5) is 8.78 Å². The van der Waals surface area contributed by atoms with Crippen molar-refractivity contribution in [2.45, 2.75) is 25.3 Å². The van der Waals surface area contributed by atoms with Crippen molar-refractivity contribution < 1.29 is 13.5 Å². The fraction of sp³-hybridized carbons (Fsp3) is 0.412. The summed E-state index contributed by atoms with van der Waals surface area (Å²) in [6.07, 6.45) is 5.20. The second kappa shape index (κ2) is 7.00. The maximum absolute atomic E-state index is 14.0. The van der Waals surface area contributed by atoms with Gasteiger partial charge in [-0.3, -0.25) is 4.90 Å². The fourth-order valence-corrected chi connectivity index (χ4v) is 3.07. The highest BCUT2D eigenvalue weighted by atomic mass is 19.2. The van der Waals surface area contributed by atoms with Crippen LogP contribution in [0.3, 0.4) is 0 Å². The first-order valence-corrected chi connectivity index (χ1v) is 7.68. The van der Waals surface area contributed by atoms with Crippen LogP contribution in [0.5, 0.6) is 5.75 Å². The van der Waals surface area contributed by atoms with E-state index in [0.29, 0.717) is 18.2 Å². The molecule has 1 saturated heterocycles. The van der Waals surface area contributed by atoms with Crippen molar-refractivity contribution in [3.05, 3.63) is 53.6 Å². The van der Waals surface area contributed by atoms with Crippen LogP contribution >= 0.6 is 0 Å². The molecule has 0 bridgehead atoms. The first-order chi connectivity index (χ1) is 11.2. The van der Waals surface area contributed by atoms with E-state index in [9.17, 15) is 8.78 Å². The highest BCUT2D eigenvalue weighted by molar-refractivity contribution is 5.35. The predicted molar refractivity (Wildman–Crippen MR) is 82.2 cm³/mol. The fourth-order valence-electron chi connectivity index (χ4n) is 3.07. The molecule has 23 heavy (non-hydrogen) atoms. The molecule has 1 aromatic carbocycles. The number of halogens is 2. The third-order valence-corrected chi connectivity index (χ3v) is 4.37. The first-order valence-electron chi connectivity index (χ1n) is 7.68. The summed E-state index contributed by atoms with van der Waals surface area (Å²) in [7, 11) is 1.47. The Balaban J connectivity index is 1.67. The van der Waals surface area contributed by atoms with Crippen molar-refractivity contribution in [1.82, 2.24) is 14.9 Å². The summed E-state index contributed by atoms with van der Waals surface area (Å²) >= 11 is 0. The molecule has 1 fully saturated rings. The van der Waals surface area contributed by atoms with Crippen LogP contribution in [-0.2, 0) is 6.54 Å². The highest BCUT2D eigenvalue weighted by Gasteiger charge is 2.24. The Labute approximate surface area is 134 Å². The molecule has 0 saturated carbocycles. The van der Waals surface area contributed by atoms with Crippen molar-refractivity contribution in [1.29, 1.82) is 0 Å². The molecule has 0 unspecified atom stereocenters. The van der Waals surface area contributed by atoms with Gasteiger partial charge in [0.15, 0.2) is 11.6 Å². The van der Waals surface area contributed by atoms with E-state index < -0.39 is 11.6 Å². The van der Waals surface area contributed by atoms with Gasteiger partial charge in [0.05, 0.1) is 7.11 Å². The lowest BCUT2D eigenvalue weighted by Crippen LogP contribution is -2.33. The number of nitrogens with zero attached hydrogens (tertiary/aromatic N) is 3. The van der Waals surface area contributed by atoms with Gasteiger partial charge in [0.1, 0.15) is 12.1 Å². The van der Waals surface area contributed by atoms with Gasteiger partial charge in [0.25, 0.3) is 0 Å². The minimum absolute atomic E-state index is 0.285. The first kappa shape index (κ1) is 15.8. The summed E-state index contributed by atoms with van der Waals surface area (Å²) < 4.78 is 32.7. The standard InChI is InChI=1S/C17H19F2N3O/c1-23-16-3-2-14(18)17(19)13(16)10-22-8-5-12(6-9-22)15-4-7-20-11-21-15/h2-4,7,11-12H,5-6,8-10H2,1H3. The molecule has 1 aromatic heterocycles. The molecular weight excluding hydrogens is 300 g/mol. The van der Waals surface area contributed by atoms with Gasteiger partial charge in [-0.05, 0) is 44.1 Å². The number of likely N-dealkylation sites (tertiary alicyclic amines) is 1. The minimum Gasteiger partial charge on any atom is -0.496 e. The van der Waals surface area contributed by atoms with Crippen LogP contribution < -0.4 is 4.74 Å². The van der Waals surface area contributed by atoms with E-state index in [-0.39, 0.29) is 5.56 Å². The summed E-state index contributed by atoms with van der Waals surface area (Å²) in [4.78, 5) is 10.4. The number of hydrogen-bond acceptors (Lipinski definition) is 4. The quantitative estimate of drug-likeness (QED) is 0.868. The lowest BCUT2D eigenvalue weighted by Gasteiger charge is -2.32. The van der Waals surface area contributed by atoms with Gasteiger partial charge in [0.2, 0.25) is 0 Å².